The zero-order valence-corrected chi connectivity index (χ0v) is 12.7. The molecule has 3 rings (SSSR count). The van der Waals surface area contributed by atoms with Gasteiger partial charge in [0, 0.05) is 19.0 Å². The third-order valence-corrected chi connectivity index (χ3v) is 6.61. The van der Waals surface area contributed by atoms with Crippen LogP contribution in [0.1, 0.15) is 26.2 Å². The Labute approximate surface area is 124 Å². The Kier molecular flexibility index (Phi) is 3.75. The highest BCUT2D eigenvalue weighted by Gasteiger charge is 2.48. The molecule has 2 bridgehead atoms. The Morgan fingerprint density at radius 2 is 1.90 bits per heavy atom. The first-order chi connectivity index (χ1) is 9.98. The van der Waals surface area contributed by atoms with Crippen molar-refractivity contribution in [3.8, 4) is 0 Å². The number of fused-ring (bicyclic) bond motifs is 2. The molecule has 0 spiro atoms. The molecule has 0 aliphatic carbocycles. The van der Waals surface area contributed by atoms with Crippen LogP contribution >= 0.6 is 0 Å². The highest BCUT2D eigenvalue weighted by atomic mass is 32.2. The van der Waals surface area contributed by atoms with E-state index in [9.17, 15) is 13.2 Å². The van der Waals surface area contributed by atoms with Crippen LogP contribution in [-0.2, 0) is 19.4 Å². The Bertz CT molecular complexity index is 628. The number of piperidine rings is 1. The van der Waals surface area contributed by atoms with Crippen molar-refractivity contribution in [2.75, 3.05) is 0 Å². The van der Waals surface area contributed by atoms with E-state index in [1.165, 1.54) is 6.92 Å². The molecule has 5 nitrogen and oxygen atoms in total. The molecule has 0 radical (unpaired) electrons. The third kappa shape index (κ3) is 2.70. The van der Waals surface area contributed by atoms with E-state index in [-0.39, 0.29) is 24.2 Å². The van der Waals surface area contributed by atoms with Crippen molar-refractivity contribution in [2.24, 2.45) is 0 Å². The lowest BCUT2D eigenvalue weighted by Gasteiger charge is -2.29. The van der Waals surface area contributed by atoms with Crippen LogP contribution in [0.3, 0.4) is 0 Å². The lowest BCUT2D eigenvalue weighted by Crippen LogP contribution is -2.47. The van der Waals surface area contributed by atoms with E-state index in [1.807, 2.05) is 0 Å². The van der Waals surface area contributed by atoms with Crippen molar-refractivity contribution >= 4 is 15.8 Å². The molecule has 6 heteroatoms. The summed E-state index contributed by atoms with van der Waals surface area (Å²) in [4.78, 5) is 11.5. The van der Waals surface area contributed by atoms with Crippen molar-refractivity contribution in [3.63, 3.8) is 0 Å². The highest BCUT2D eigenvalue weighted by molar-refractivity contribution is 7.92. The van der Waals surface area contributed by atoms with Crippen molar-refractivity contribution < 1.29 is 17.9 Å². The Hall–Kier alpha value is -1.40. The van der Waals surface area contributed by atoms with Gasteiger partial charge < -0.3 is 10.1 Å². The molecule has 0 aromatic heterocycles. The smallest absolute Gasteiger partial charge is 0.302 e. The van der Waals surface area contributed by atoms with Gasteiger partial charge in [0.25, 0.3) is 0 Å². The maximum absolute atomic E-state index is 12.8. The minimum atomic E-state index is -3.35. The number of benzene rings is 1. The summed E-state index contributed by atoms with van der Waals surface area (Å²) < 4.78 is 30.8. The standard InChI is InChI=1S/C15H19NO4S/c1-10(17)20-14-8-7-12-15(9-13(14)16-12)21(18,19)11-5-3-2-4-6-11/h2-6,12-16H,7-9H2,1H3/t12?,13?,14-,15+/m1/s1. The molecule has 2 heterocycles. The van der Waals surface area contributed by atoms with Crippen LogP contribution in [-0.4, -0.2) is 37.8 Å². The Morgan fingerprint density at radius 3 is 2.57 bits per heavy atom. The number of rotatable bonds is 3. The second kappa shape index (κ2) is 5.42. The normalized spacial score (nSPS) is 31.9. The topological polar surface area (TPSA) is 72.5 Å². The monoisotopic (exact) mass is 309 g/mol. The van der Waals surface area contributed by atoms with Gasteiger partial charge in [-0.3, -0.25) is 4.79 Å². The van der Waals surface area contributed by atoms with Crippen molar-refractivity contribution in [3.05, 3.63) is 30.3 Å². The summed E-state index contributed by atoms with van der Waals surface area (Å²) in [6.07, 6.45) is 1.73. The molecule has 2 fully saturated rings. The van der Waals surface area contributed by atoms with Gasteiger partial charge in [0.1, 0.15) is 6.10 Å². The minimum Gasteiger partial charge on any atom is -0.461 e. The summed E-state index contributed by atoms with van der Waals surface area (Å²) in [6.45, 7) is 1.39. The molecule has 2 saturated heterocycles. The van der Waals surface area contributed by atoms with Gasteiger partial charge in [0.05, 0.1) is 10.1 Å². The molecule has 2 aliphatic heterocycles. The molecule has 1 aromatic rings. The summed E-state index contributed by atoms with van der Waals surface area (Å²) in [5, 5.41) is 2.88. The van der Waals surface area contributed by atoms with E-state index in [1.54, 1.807) is 30.3 Å². The molecule has 21 heavy (non-hydrogen) atoms. The lowest BCUT2D eigenvalue weighted by atomic mass is 10.0. The van der Waals surface area contributed by atoms with Crippen LogP contribution in [0.25, 0.3) is 0 Å². The zero-order chi connectivity index (χ0) is 15.0. The molecular formula is C15H19NO4S. The molecule has 2 unspecified atom stereocenters. The SMILES string of the molecule is CC(=O)O[C@@H]1CCC2NC1C[C@@H]2S(=O)(=O)c1ccccc1. The number of carbonyl (C=O) groups is 1. The van der Waals surface area contributed by atoms with Crippen molar-refractivity contribution in [1.82, 2.24) is 5.32 Å². The molecule has 0 amide bonds. The quantitative estimate of drug-likeness (QED) is 0.852. The van der Waals surface area contributed by atoms with E-state index in [2.05, 4.69) is 5.32 Å². The van der Waals surface area contributed by atoms with Gasteiger partial charge in [-0.15, -0.1) is 0 Å². The maximum atomic E-state index is 12.8. The summed E-state index contributed by atoms with van der Waals surface area (Å²) >= 11 is 0. The van der Waals surface area contributed by atoms with Crippen LogP contribution in [0.5, 0.6) is 0 Å². The van der Waals surface area contributed by atoms with Crippen molar-refractivity contribution in [2.45, 2.75) is 54.5 Å². The number of hydrogen-bond donors (Lipinski definition) is 1. The van der Waals surface area contributed by atoms with E-state index in [0.29, 0.717) is 17.7 Å². The van der Waals surface area contributed by atoms with Crippen LogP contribution < -0.4 is 5.32 Å². The number of ether oxygens (including phenoxy) is 1. The summed E-state index contributed by atoms with van der Waals surface area (Å²) in [7, 11) is -3.35. The fraction of sp³-hybridized carbons (Fsp3) is 0.533. The molecule has 114 valence electrons. The number of sulfone groups is 1. The van der Waals surface area contributed by atoms with Crippen LogP contribution in [0.15, 0.2) is 35.2 Å². The third-order valence-electron chi connectivity index (χ3n) is 4.36. The summed E-state index contributed by atoms with van der Waals surface area (Å²) in [5.74, 6) is -0.311. The first-order valence-corrected chi connectivity index (χ1v) is 8.75. The second-order valence-electron chi connectivity index (χ2n) is 5.74. The Balaban J connectivity index is 1.82. The van der Waals surface area contributed by atoms with Gasteiger partial charge in [0.2, 0.25) is 0 Å². The molecule has 1 aromatic carbocycles. The maximum Gasteiger partial charge on any atom is 0.302 e. The molecular weight excluding hydrogens is 290 g/mol. The van der Waals surface area contributed by atoms with Crippen LogP contribution in [0.2, 0.25) is 0 Å². The van der Waals surface area contributed by atoms with Crippen molar-refractivity contribution in [1.29, 1.82) is 0 Å². The fourth-order valence-corrected chi connectivity index (χ4v) is 5.41. The summed E-state index contributed by atoms with van der Waals surface area (Å²) in [5.41, 5.74) is 0. The molecule has 0 saturated carbocycles. The molecule has 2 aliphatic rings. The van der Waals surface area contributed by atoms with E-state index >= 15 is 0 Å². The Morgan fingerprint density at radius 1 is 1.19 bits per heavy atom. The highest BCUT2D eigenvalue weighted by Crippen LogP contribution is 2.35. The number of esters is 1. The number of hydrogen-bond acceptors (Lipinski definition) is 5. The van der Waals surface area contributed by atoms with Crippen LogP contribution in [0, 0.1) is 0 Å². The van der Waals surface area contributed by atoms with Gasteiger partial charge in [-0.25, -0.2) is 8.42 Å². The second-order valence-corrected chi connectivity index (χ2v) is 7.90. The van der Waals surface area contributed by atoms with Crippen LogP contribution in [0.4, 0.5) is 0 Å². The molecule has 4 atom stereocenters. The predicted molar refractivity (Wildman–Crippen MR) is 77.5 cm³/mol. The van der Waals surface area contributed by atoms with Gasteiger partial charge >= 0.3 is 5.97 Å². The fourth-order valence-electron chi connectivity index (χ4n) is 3.42. The minimum absolute atomic E-state index is 0.0491. The largest absolute Gasteiger partial charge is 0.461 e. The summed E-state index contributed by atoms with van der Waals surface area (Å²) in [6, 6.07) is 8.46. The van der Waals surface area contributed by atoms with Gasteiger partial charge in [-0.2, -0.15) is 0 Å². The molecule has 1 N–H and O–H groups in total. The average Bonchev–Trinajstić information content (AvgIpc) is 2.82. The van der Waals surface area contributed by atoms with Gasteiger partial charge in [0.15, 0.2) is 9.84 Å². The van der Waals surface area contributed by atoms with E-state index in [0.717, 1.165) is 6.42 Å². The number of carbonyl (C=O) groups excluding carboxylic acids is 1. The van der Waals surface area contributed by atoms with Gasteiger partial charge in [-0.1, -0.05) is 18.2 Å². The first kappa shape index (κ1) is 14.5. The number of nitrogens with one attached hydrogen (secondary N) is 1. The van der Waals surface area contributed by atoms with Gasteiger partial charge in [-0.05, 0) is 31.4 Å². The van der Waals surface area contributed by atoms with E-state index < -0.39 is 15.1 Å². The predicted octanol–water partition coefficient (Wildman–Crippen LogP) is 1.28. The van der Waals surface area contributed by atoms with E-state index in [4.69, 9.17) is 4.74 Å². The first-order valence-electron chi connectivity index (χ1n) is 7.20. The average molecular weight is 309 g/mol. The zero-order valence-electron chi connectivity index (χ0n) is 11.9. The lowest BCUT2D eigenvalue weighted by molar-refractivity contribution is -0.148.